The van der Waals surface area contributed by atoms with E-state index in [0.717, 1.165) is 16.0 Å². The van der Waals surface area contributed by atoms with Crippen LogP contribution in [0.2, 0.25) is 10.0 Å². The Labute approximate surface area is 208 Å². The van der Waals surface area contributed by atoms with Crippen molar-refractivity contribution in [3.05, 3.63) is 106 Å². The van der Waals surface area contributed by atoms with Crippen molar-refractivity contribution in [1.82, 2.24) is 15.1 Å². The molecule has 3 aromatic carbocycles. The summed E-state index contributed by atoms with van der Waals surface area (Å²) in [4.78, 5) is 41.9. The smallest absolute Gasteiger partial charge is 0.325 e. The number of imide groups is 1. The molecular weight excluding hydrogens is 473 g/mol. The predicted octanol–water partition coefficient (Wildman–Crippen LogP) is 5.01. The summed E-state index contributed by atoms with van der Waals surface area (Å²) in [6, 6.07) is 22.9. The summed E-state index contributed by atoms with van der Waals surface area (Å²) in [6.45, 7) is 1.19. The highest BCUT2D eigenvalue weighted by molar-refractivity contribution is 6.42. The van der Waals surface area contributed by atoms with E-state index in [0.29, 0.717) is 10.6 Å². The molecule has 1 aliphatic rings. The fourth-order valence-electron chi connectivity index (χ4n) is 4.14. The second-order valence-electron chi connectivity index (χ2n) is 8.30. The Morgan fingerprint density at radius 3 is 2.03 bits per heavy atom. The number of urea groups is 1. The molecule has 3 aromatic rings. The fourth-order valence-corrected chi connectivity index (χ4v) is 4.44. The third-order valence-electron chi connectivity index (χ3n) is 6.08. The van der Waals surface area contributed by atoms with Crippen LogP contribution in [0.15, 0.2) is 78.9 Å². The van der Waals surface area contributed by atoms with Gasteiger partial charge in [-0.2, -0.15) is 0 Å². The van der Waals surface area contributed by atoms with E-state index in [1.165, 1.54) is 0 Å². The monoisotopic (exact) mass is 495 g/mol. The molecule has 1 unspecified atom stereocenters. The number of carbonyl (C=O) groups is 3. The molecule has 0 saturated carbocycles. The first-order valence-corrected chi connectivity index (χ1v) is 11.4. The van der Waals surface area contributed by atoms with Crippen molar-refractivity contribution >= 4 is 41.0 Å². The second-order valence-corrected chi connectivity index (χ2v) is 9.12. The highest BCUT2D eigenvalue weighted by Crippen LogP contribution is 2.33. The maximum absolute atomic E-state index is 13.3. The van der Waals surface area contributed by atoms with Crippen LogP contribution < -0.4 is 5.32 Å². The Morgan fingerprint density at radius 1 is 0.941 bits per heavy atom. The van der Waals surface area contributed by atoms with Crippen LogP contribution in [0, 0.1) is 0 Å². The summed E-state index contributed by atoms with van der Waals surface area (Å²) >= 11 is 12.1. The number of hydrogen-bond donors (Lipinski definition) is 1. The van der Waals surface area contributed by atoms with Gasteiger partial charge in [-0.15, -0.1) is 0 Å². The minimum absolute atomic E-state index is 0.269. The van der Waals surface area contributed by atoms with Gasteiger partial charge < -0.3 is 10.2 Å². The first-order chi connectivity index (χ1) is 16.2. The van der Waals surface area contributed by atoms with E-state index in [2.05, 4.69) is 5.32 Å². The van der Waals surface area contributed by atoms with Crippen molar-refractivity contribution in [1.29, 1.82) is 0 Å². The molecule has 0 aliphatic carbocycles. The minimum atomic E-state index is -1.36. The van der Waals surface area contributed by atoms with E-state index in [4.69, 9.17) is 23.2 Å². The van der Waals surface area contributed by atoms with Crippen LogP contribution in [0.25, 0.3) is 0 Å². The molecule has 1 fully saturated rings. The van der Waals surface area contributed by atoms with E-state index in [1.807, 2.05) is 60.7 Å². The van der Waals surface area contributed by atoms with Gasteiger partial charge in [0, 0.05) is 7.05 Å². The second kappa shape index (κ2) is 9.49. The number of carbonyl (C=O) groups excluding carboxylic acids is 3. The fraction of sp³-hybridized carbons (Fsp3) is 0.192. The van der Waals surface area contributed by atoms with E-state index in [9.17, 15) is 14.4 Å². The average molecular weight is 496 g/mol. The van der Waals surface area contributed by atoms with Crippen LogP contribution in [-0.4, -0.2) is 41.2 Å². The zero-order valence-corrected chi connectivity index (χ0v) is 20.2. The van der Waals surface area contributed by atoms with Crippen LogP contribution in [0.4, 0.5) is 4.79 Å². The van der Waals surface area contributed by atoms with Gasteiger partial charge in [-0.3, -0.25) is 14.5 Å². The first-order valence-electron chi connectivity index (χ1n) is 10.7. The highest BCUT2D eigenvalue weighted by atomic mass is 35.5. The lowest BCUT2D eigenvalue weighted by Crippen LogP contribution is -2.44. The molecule has 1 atom stereocenters. The highest BCUT2D eigenvalue weighted by Gasteiger charge is 2.50. The zero-order valence-electron chi connectivity index (χ0n) is 18.7. The van der Waals surface area contributed by atoms with Gasteiger partial charge in [-0.25, -0.2) is 4.79 Å². The van der Waals surface area contributed by atoms with E-state index < -0.39 is 24.0 Å². The number of rotatable bonds is 6. The third kappa shape index (κ3) is 4.39. The SMILES string of the molecule is CN(C(=O)CN1C(=O)NC(C)(c2ccc(Cl)c(Cl)c2)C1=O)C(c1ccccc1)c1ccccc1. The number of amides is 4. The molecule has 0 spiro atoms. The number of hydrogen-bond acceptors (Lipinski definition) is 3. The van der Waals surface area contributed by atoms with Crippen molar-refractivity contribution in [3.63, 3.8) is 0 Å². The predicted molar refractivity (Wildman–Crippen MR) is 132 cm³/mol. The van der Waals surface area contributed by atoms with Crippen LogP contribution in [0.1, 0.15) is 29.7 Å². The van der Waals surface area contributed by atoms with Crippen LogP contribution in [0.5, 0.6) is 0 Å². The lowest BCUT2D eigenvalue weighted by atomic mass is 9.92. The van der Waals surface area contributed by atoms with Gasteiger partial charge in [-0.05, 0) is 35.7 Å². The summed E-state index contributed by atoms with van der Waals surface area (Å²) in [7, 11) is 1.67. The molecule has 1 aliphatic heterocycles. The normalized spacial score (nSPS) is 17.7. The topological polar surface area (TPSA) is 69.7 Å². The molecule has 1 heterocycles. The zero-order chi connectivity index (χ0) is 24.5. The van der Waals surface area contributed by atoms with Crippen molar-refractivity contribution in [2.75, 3.05) is 13.6 Å². The Kier molecular flexibility index (Phi) is 6.64. The van der Waals surface area contributed by atoms with Crippen molar-refractivity contribution < 1.29 is 14.4 Å². The Bertz CT molecular complexity index is 1200. The Hall–Kier alpha value is -3.35. The summed E-state index contributed by atoms with van der Waals surface area (Å²) in [5, 5.41) is 3.30. The van der Waals surface area contributed by atoms with Crippen molar-refractivity contribution in [2.24, 2.45) is 0 Å². The molecule has 8 heteroatoms. The molecule has 4 amide bonds. The van der Waals surface area contributed by atoms with Crippen LogP contribution in [0.3, 0.4) is 0 Å². The summed E-state index contributed by atoms with van der Waals surface area (Å²) in [6.07, 6.45) is 0. The molecule has 0 radical (unpaired) electrons. The molecule has 4 rings (SSSR count). The molecule has 1 saturated heterocycles. The molecule has 174 valence electrons. The maximum atomic E-state index is 13.3. The quantitative estimate of drug-likeness (QED) is 0.488. The van der Waals surface area contributed by atoms with Gasteiger partial charge in [0.2, 0.25) is 5.91 Å². The molecular formula is C26H23Cl2N3O3. The summed E-state index contributed by atoms with van der Waals surface area (Å²) < 4.78 is 0. The van der Waals surface area contributed by atoms with Gasteiger partial charge in [0.15, 0.2) is 0 Å². The summed E-state index contributed by atoms with van der Waals surface area (Å²) in [5.74, 6) is -0.909. The van der Waals surface area contributed by atoms with Gasteiger partial charge in [0.25, 0.3) is 5.91 Å². The molecule has 0 aromatic heterocycles. The average Bonchev–Trinajstić information content (AvgIpc) is 3.06. The number of benzene rings is 3. The van der Waals surface area contributed by atoms with E-state index in [1.54, 1.807) is 37.1 Å². The van der Waals surface area contributed by atoms with E-state index in [-0.39, 0.29) is 17.0 Å². The third-order valence-corrected chi connectivity index (χ3v) is 6.82. The largest absolute Gasteiger partial charge is 0.333 e. The Balaban J connectivity index is 1.59. The van der Waals surface area contributed by atoms with Gasteiger partial charge in [0.05, 0.1) is 16.1 Å². The lowest BCUT2D eigenvalue weighted by Gasteiger charge is -2.30. The molecule has 34 heavy (non-hydrogen) atoms. The maximum Gasteiger partial charge on any atom is 0.325 e. The summed E-state index contributed by atoms with van der Waals surface area (Å²) in [5.41, 5.74) is 0.961. The molecule has 0 bridgehead atoms. The first kappa shape index (κ1) is 23.8. The van der Waals surface area contributed by atoms with Gasteiger partial charge in [0.1, 0.15) is 12.1 Å². The van der Waals surface area contributed by atoms with Gasteiger partial charge >= 0.3 is 6.03 Å². The number of nitrogens with one attached hydrogen (secondary N) is 1. The molecule has 6 nitrogen and oxygen atoms in total. The van der Waals surface area contributed by atoms with Gasteiger partial charge in [-0.1, -0.05) is 89.9 Å². The number of halogens is 2. The van der Waals surface area contributed by atoms with Crippen molar-refractivity contribution in [2.45, 2.75) is 18.5 Å². The van der Waals surface area contributed by atoms with Crippen molar-refractivity contribution in [3.8, 4) is 0 Å². The Morgan fingerprint density at radius 2 is 1.50 bits per heavy atom. The van der Waals surface area contributed by atoms with Crippen LogP contribution >= 0.6 is 23.2 Å². The number of likely N-dealkylation sites (N-methyl/N-ethyl adjacent to an activating group) is 1. The molecule has 1 N–H and O–H groups in total. The van der Waals surface area contributed by atoms with E-state index >= 15 is 0 Å². The standard InChI is InChI=1S/C26H23Cl2N3O3/c1-26(19-13-14-20(27)21(28)15-19)24(33)31(25(34)29-26)16-22(32)30(2)23(17-9-5-3-6-10-17)18-11-7-4-8-12-18/h3-15,23H,16H2,1-2H3,(H,29,34). The number of nitrogens with zero attached hydrogens (tertiary/aromatic N) is 2. The lowest BCUT2D eigenvalue weighted by molar-refractivity contribution is -0.139. The van der Waals surface area contributed by atoms with Crippen LogP contribution in [-0.2, 0) is 15.1 Å². The minimum Gasteiger partial charge on any atom is -0.333 e.